The Bertz CT molecular complexity index is 569. The van der Waals surface area contributed by atoms with Gasteiger partial charge in [-0.1, -0.05) is 12.1 Å². The first-order chi connectivity index (χ1) is 9.54. The molecule has 0 amide bonds. The molecular formula is C16H20FN3. The molecule has 2 rings (SSSR count). The highest BCUT2D eigenvalue weighted by atomic mass is 19.1. The molecule has 1 unspecified atom stereocenters. The summed E-state index contributed by atoms with van der Waals surface area (Å²) in [6, 6.07) is 9.77. The largest absolute Gasteiger partial charge is 0.378 e. The molecule has 0 saturated heterocycles. The fourth-order valence-corrected chi connectivity index (χ4v) is 2.12. The lowest BCUT2D eigenvalue weighted by atomic mass is 10.1. The van der Waals surface area contributed by atoms with E-state index >= 15 is 0 Å². The standard InChI is InChI=1S/C16H20FN3/c1-12(14-8-15(17)10-18-9-14)19-16-6-4-5-13(7-16)11-20(2)3/h4-10,12,19H,11H2,1-3H3. The second-order valence-electron chi connectivity index (χ2n) is 5.24. The third-order valence-electron chi connectivity index (χ3n) is 3.03. The number of nitrogens with zero attached hydrogens (tertiary/aromatic N) is 2. The van der Waals surface area contributed by atoms with Crippen molar-refractivity contribution >= 4 is 5.69 Å². The van der Waals surface area contributed by atoms with Crippen LogP contribution in [0.25, 0.3) is 0 Å². The van der Waals surface area contributed by atoms with E-state index in [4.69, 9.17) is 0 Å². The van der Waals surface area contributed by atoms with Crippen molar-refractivity contribution in [3.63, 3.8) is 0 Å². The normalized spacial score (nSPS) is 12.4. The topological polar surface area (TPSA) is 28.2 Å². The molecule has 3 nitrogen and oxygen atoms in total. The molecule has 0 radical (unpaired) electrons. The van der Waals surface area contributed by atoms with Crippen molar-refractivity contribution < 1.29 is 4.39 Å². The number of hydrogen-bond donors (Lipinski definition) is 1. The molecule has 1 N–H and O–H groups in total. The highest BCUT2D eigenvalue weighted by molar-refractivity contribution is 5.47. The van der Waals surface area contributed by atoms with Gasteiger partial charge < -0.3 is 10.2 Å². The first-order valence-corrected chi connectivity index (χ1v) is 6.65. The predicted octanol–water partition coefficient (Wildman–Crippen LogP) is 3.46. The summed E-state index contributed by atoms with van der Waals surface area (Å²) in [6.45, 7) is 2.89. The average Bonchev–Trinajstić information content (AvgIpc) is 2.38. The highest BCUT2D eigenvalue weighted by Crippen LogP contribution is 2.20. The maximum atomic E-state index is 13.2. The molecule has 0 spiro atoms. The molecule has 1 heterocycles. The first kappa shape index (κ1) is 14.5. The summed E-state index contributed by atoms with van der Waals surface area (Å²) in [5.41, 5.74) is 3.11. The number of benzene rings is 1. The van der Waals surface area contributed by atoms with Crippen molar-refractivity contribution in [2.24, 2.45) is 0 Å². The first-order valence-electron chi connectivity index (χ1n) is 6.65. The van der Waals surface area contributed by atoms with Gasteiger partial charge in [-0.3, -0.25) is 4.98 Å². The van der Waals surface area contributed by atoms with Gasteiger partial charge in [-0.25, -0.2) is 4.39 Å². The molecule has 4 heteroatoms. The summed E-state index contributed by atoms with van der Waals surface area (Å²) < 4.78 is 13.2. The summed E-state index contributed by atoms with van der Waals surface area (Å²) in [6.07, 6.45) is 2.90. The van der Waals surface area contributed by atoms with Crippen LogP contribution in [0.4, 0.5) is 10.1 Å². The Balaban J connectivity index is 2.09. The van der Waals surface area contributed by atoms with Crippen molar-refractivity contribution in [1.29, 1.82) is 0 Å². The minimum Gasteiger partial charge on any atom is -0.378 e. The van der Waals surface area contributed by atoms with E-state index in [9.17, 15) is 4.39 Å². The van der Waals surface area contributed by atoms with E-state index in [1.807, 2.05) is 33.2 Å². The van der Waals surface area contributed by atoms with Gasteiger partial charge in [0.25, 0.3) is 0 Å². The molecule has 0 aliphatic heterocycles. The number of halogens is 1. The molecule has 1 aromatic carbocycles. The summed E-state index contributed by atoms with van der Waals surface area (Å²) in [7, 11) is 4.09. The van der Waals surface area contributed by atoms with E-state index in [-0.39, 0.29) is 11.9 Å². The van der Waals surface area contributed by atoms with Crippen LogP contribution in [-0.2, 0) is 6.54 Å². The molecule has 20 heavy (non-hydrogen) atoms. The van der Waals surface area contributed by atoms with Gasteiger partial charge in [0.1, 0.15) is 5.82 Å². The van der Waals surface area contributed by atoms with E-state index in [2.05, 4.69) is 27.3 Å². The molecule has 0 bridgehead atoms. The Morgan fingerprint density at radius 2 is 2.05 bits per heavy atom. The number of nitrogens with one attached hydrogen (secondary N) is 1. The van der Waals surface area contributed by atoms with Gasteiger partial charge >= 0.3 is 0 Å². The predicted molar refractivity (Wildman–Crippen MR) is 80.1 cm³/mol. The van der Waals surface area contributed by atoms with Crippen LogP contribution >= 0.6 is 0 Å². The van der Waals surface area contributed by atoms with E-state index in [1.54, 1.807) is 6.20 Å². The summed E-state index contributed by atoms with van der Waals surface area (Å²) in [4.78, 5) is 6.01. The minimum atomic E-state index is -0.308. The van der Waals surface area contributed by atoms with E-state index in [0.29, 0.717) is 0 Å². The molecule has 0 aliphatic rings. The van der Waals surface area contributed by atoms with Crippen molar-refractivity contribution in [2.45, 2.75) is 19.5 Å². The van der Waals surface area contributed by atoms with Crippen LogP contribution < -0.4 is 5.32 Å². The van der Waals surface area contributed by atoms with Gasteiger partial charge in [0.15, 0.2) is 0 Å². The quantitative estimate of drug-likeness (QED) is 0.904. The molecule has 0 aliphatic carbocycles. The molecule has 0 fully saturated rings. The second-order valence-corrected chi connectivity index (χ2v) is 5.24. The van der Waals surface area contributed by atoms with Crippen molar-refractivity contribution in [2.75, 3.05) is 19.4 Å². The Hall–Kier alpha value is -1.94. The van der Waals surface area contributed by atoms with Gasteiger partial charge in [0.2, 0.25) is 0 Å². The van der Waals surface area contributed by atoms with Crippen molar-refractivity contribution in [3.05, 3.63) is 59.7 Å². The molecule has 106 valence electrons. The van der Waals surface area contributed by atoms with Crippen LogP contribution in [0, 0.1) is 5.82 Å². The van der Waals surface area contributed by atoms with Crippen molar-refractivity contribution in [3.8, 4) is 0 Å². The Morgan fingerprint density at radius 1 is 1.25 bits per heavy atom. The van der Waals surface area contributed by atoms with Gasteiger partial charge in [0, 0.05) is 18.4 Å². The zero-order chi connectivity index (χ0) is 14.5. The smallest absolute Gasteiger partial charge is 0.141 e. The van der Waals surface area contributed by atoms with Crippen LogP contribution in [0.15, 0.2) is 42.7 Å². The number of aromatic nitrogens is 1. The van der Waals surface area contributed by atoms with E-state index < -0.39 is 0 Å². The molecule has 0 saturated carbocycles. The fourth-order valence-electron chi connectivity index (χ4n) is 2.12. The number of anilines is 1. The average molecular weight is 273 g/mol. The third kappa shape index (κ3) is 4.03. The SMILES string of the molecule is CC(Nc1cccc(CN(C)C)c1)c1cncc(F)c1. The van der Waals surface area contributed by atoms with Crippen LogP contribution in [-0.4, -0.2) is 24.0 Å². The third-order valence-corrected chi connectivity index (χ3v) is 3.03. The maximum Gasteiger partial charge on any atom is 0.141 e. The van der Waals surface area contributed by atoms with Gasteiger partial charge in [-0.2, -0.15) is 0 Å². The zero-order valence-electron chi connectivity index (χ0n) is 12.1. The number of rotatable bonds is 5. The summed E-state index contributed by atoms with van der Waals surface area (Å²) in [5, 5.41) is 3.37. The minimum absolute atomic E-state index is 0.00723. The Morgan fingerprint density at radius 3 is 2.75 bits per heavy atom. The summed E-state index contributed by atoms with van der Waals surface area (Å²) >= 11 is 0. The number of hydrogen-bond acceptors (Lipinski definition) is 3. The van der Waals surface area contributed by atoms with Crippen LogP contribution in [0.5, 0.6) is 0 Å². The van der Waals surface area contributed by atoms with E-state index in [0.717, 1.165) is 17.8 Å². The lowest BCUT2D eigenvalue weighted by molar-refractivity contribution is 0.402. The molecule has 2 aromatic rings. The Labute approximate surface area is 119 Å². The van der Waals surface area contributed by atoms with Gasteiger partial charge in [-0.15, -0.1) is 0 Å². The highest BCUT2D eigenvalue weighted by Gasteiger charge is 2.07. The van der Waals surface area contributed by atoms with Gasteiger partial charge in [0.05, 0.1) is 12.2 Å². The second kappa shape index (κ2) is 6.48. The van der Waals surface area contributed by atoms with Gasteiger partial charge in [-0.05, 0) is 50.3 Å². The van der Waals surface area contributed by atoms with Crippen LogP contribution in [0.2, 0.25) is 0 Å². The van der Waals surface area contributed by atoms with Crippen LogP contribution in [0.3, 0.4) is 0 Å². The zero-order valence-corrected chi connectivity index (χ0v) is 12.1. The van der Waals surface area contributed by atoms with Crippen LogP contribution in [0.1, 0.15) is 24.1 Å². The molecule has 1 aromatic heterocycles. The fraction of sp³-hybridized carbons (Fsp3) is 0.312. The van der Waals surface area contributed by atoms with E-state index in [1.165, 1.54) is 17.8 Å². The lowest BCUT2D eigenvalue weighted by Gasteiger charge is -2.17. The molecule has 1 atom stereocenters. The maximum absolute atomic E-state index is 13.2. The summed E-state index contributed by atoms with van der Waals surface area (Å²) in [5.74, 6) is -0.308. The molecular weight excluding hydrogens is 253 g/mol. The lowest BCUT2D eigenvalue weighted by Crippen LogP contribution is -2.11. The van der Waals surface area contributed by atoms with Crippen molar-refractivity contribution in [1.82, 2.24) is 9.88 Å². The Kier molecular flexibility index (Phi) is 4.69. The monoisotopic (exact) mass is 273 g/mol. The number of pyridine rings is 1.